The van der Waals surface area contributed by atoms with Crippen LogP contribution in [0.1, 0.15) is 65.4 Å². The number of aromatic nitrogens is 2. The number of hydrogen-bond acceptors (Lipinski definition) is 4. The minimum Gasteiger partial charge on any atom is -0.398 e. The first-order chi connectivity index (χ1) is 14.5. The lowest BCUT2D eigenvalue weighted by atomic mass is 9.93. The van der Waals surface area contributed by atoms with E-state index >= 15 is 0 Å². The van der Waals surface area contributed by atoms with E-state index in [0.29, 0.717) is 17.8 Å². The van der Waals surface area contributed by atoms with E-state index in [-0.39, 0.29) is 34.7 Å². The summed E-state index contributed by atoms with van der Waals surface area (Å²) < 4.78 is 15.0. The fourth-order valence-electron chi connectivity index (χ4n) is 4.29. The largest absolute Gasteiger partial charge is 0.398 e. The maximum absolute atomic E-state index is 13.6. The summed E-state index contributed by atoms with van der Waals surface area (Å²) in [4.78, 5) is 32.1. The molecular weight excluding hydrogens is 383 g/mol. The van der Waals surface area contributed by atoms with Gasteiger partial charge in [0.05, 0.1) is 6.20 Å². The van der Waals surface area contributed by atoms with Crippen LogP contribution in [0.2, 0.25) is 0 Å². The van der Waals surface area contributed by atoms with E-state index in [4.69, 9.17) is 5.73 Å². The molecule has 2 aromatic heterocycles. The Morgan fingerprint density at radius 3 is 2.67 bits per heavy atom. The summed E-state index contributed by atoms with van der Waals surface area (Å²) in [6, 6.07) is 7.82. The lowest BCUT2D eigenvalue weighted by Crippen LogP contribution is -2.41. The molecule has 0 saturated heterocycles. The van der Waals surface area contributed by atoms with Crippen molar-refractivity contribution in [3.05, 3.63) is 65.4 Å². The SMILES string of the molecule is CCN(C(=O)c1ccc(C(=O)c2cnc3ccc(F)cn23)c(N)c1)C1CCCCC1. The Kier molecular flexibility index (Phi) is 5.53. The lowest BCUT2D eigenvalue weighted by Gasteiger charge is -2.33. The summed E-state index contributed by atoms with van der Waals surface area (Å²) in [5.41, 5.74) is 7.80. The topological polar surface area (TPSA) is 80.7 Å². The average Bonchev–Trinajstić information content (AvgIpc) is 3.17. The van der Waals surface area contributed by atoms with Crippen LogP contribution in [-0.4, -0.2) is 38.6 Å². The molecule has 3 aromatic rings. The van der Waals surface area contributed by atoms with Gasteiger partial charge in [-0.25, -0.2) is 9.37 Å². The molecule has 30 heavy (non-hydrogen) atoms. The second-order valence-corrected chi connectivity index (χ2v) is 7.73. The van der Waals surface area contributed by atoms with Gasteiger partial charge < -0.3 is 10.6 Å². The second-order valence-electron chi connectivity index (χ2n) is 7.73. The molecular formula is C23H25FN4O2. The number of pyridine rings is 1. The van der Waals surface area contributed by atoms with Crippen LogP contribution < -0.4 is 5.73 Å². The zero-order valence-corrected chi connectivity index (χ0v) is 17.0. The minimum absolute atomic E-state index is 0.0630. The second kappa shape index (κ2) is 8.26. The van der Waals surface area contributed by atoms with Crippen LogP contribution in [0, 0.1) is 5.82 Å². The number of nitrogen functional groups attached to an aromatic ring is 1. The highest BCUT2D eigenvalue weighted by atomic mass is 19.1. The highest BCUT2D eigenvalue weighted by molar-refractivity contribution is 6.12. The smallest absolute Gasteiger partial charge is 0.254 e. The molecule has 0 aliphatic heterocycles. The van der Waals surface area contributed by atoms with E-state index in [1.54, 1.807) is 18.2 Å². The molecule has 0 atom stereocenters. The first kappa shape index (κ1) is 20.1. The molecule has 2 heterocycles. The van der Waals surface area contributed by atoms with Crippen molar-refractivity contribution in [2.75, 3.05) is 12.3 Å². The number of halogens is 1. The predicted molar refractivity (Wildman–Crippen MR) is 113 cm³/mol. The summed E-state index contributed by atoms with van der Waals surface area (Å²) in [7, 11) is 0. The monoisotopic (exact) mass is 408 g/mol. The molecule has 0 spiro atoms. The third kappa shape index (κ3) is 3.67. The number of ketones is 1. The Balaban J connectivity index is 1.61. The van der Waals surface area contributed by atoms with Crippen molar-refractivity contribution in [1.82, 2.24) is 14.3 Å². The molecule has 0 radical (unpaired) electrons. The zero-order valence-electron chi connectivity index (χ0n) is 17.0. The van der Waals surface area contributed by atoms with Crippen molar-refractivity contribution >= 4 is 23.0 Å². The maximum Gasteiger partial charge on any atom is 0.254 e. The first-order valence-corrected chi connectivity index (χ1v) is 10.4. The number of hydrogen-bond donors (Lipinski definition) is 1. The zero-order chi connectivity index (χ0) is 21.3. The van der Waals surface area contributed by atoms with Crippen LogP contribution in [0.15, 0.2) is 42.7 Å². The van der Waals surface area contributed by atoms with Crippen LogP contribution >= 0.6 is 0 Å². The lowest BCUT2D eigenvalue weighted by molar-refractivity contribution is 0.0647. The third-order valence-corrected chi connectivity index (χ3v) is 5.86. The van der Waals surface area contributed by atoms with Gasteiger partial charge in [-0.3, -0.25) is 14.0 Å². The van der Waals surface area contributed by atoms with Crippen LogP contribution in [0.4, 0.5) is 10.1 Å². The van der Waals surface area contributed by atoms with Crippen LogP contribution in [-0.2, 0) is 0 Å². The molecule has 1 amide bonds. The van der Waals surface area contributed by atoms with Crippen LogP contribution in [0.5, 0.6) is 0 Å². The molecule has 1 aliphatic rings. The molecule has 156 valence electrons. The van der Waals surface area contributed by atoms with E-state index in [0.717, 1.165) is 25.7 Å². The van der Waals surface area contributed by atoms with E-state index < -0.39 is 5.82 Å². The molecule has 2 N–H and O–H groups in total. The number of nitrogens with zero attached hydrogens (tertiary/aromatic N) is 3. The number of benzene rings is 1. The highest BCUT2D eigenvalue weighted by Crippen LogP contribution is 2.25. The summed E-state index contributed by atoms with van der Waals surface area (Å²) in [6.45, 7) is 2.62. The fraction of sp³-hybridized carbons (Fsp3) is 0.348. The Morgan fingerprint density at radius 2 is 1.97 bits per heavy atom. The molecule has 1 fully saturated rings. The normalized spacial score (nSPS) is 14.7. The number of nitrogens with two attached hydrogens (primary N) is 1. The van der Waals surface area contributed by atoms with Gasteiger partial charge in [-0.1, -0.05) is 19.3 Å². The number of carbonyl (C=O) groups excluding carboxylic acids is 2. The van der Waals surface area contributed by atoms with Crippen LogP contribution in [0.3, 0.4) is 0 Å². The number of amides is 1. The molecule has 1 aromatic carbocycles. The van der Waals surface area contributed by atoms with Gasteiger partial charge in [0.25, 0.3) is 5.91 Å². The molecule has 6 nitrogen and oxygen atoms in total. The van der Waals surface area contributed by atoms with Crippen molar-refractivity contribution in [1.29, 1.82) is 0 Å². The Hall–Kier alpha value is -3.22. The average molecular weight is 408 g/mol. The van der Waals surface area contributed by atoms with Crippen molar-refractivity contribution < 1.29 is 14.0 Å². The van der Waals surface area contributed by atoms with E-state index in [2.05, 4.69) is 4.98 Å². The van der Waals surface area contributed by atoms with Crippen molar-refractivity contribution in [3.8, 4) is 0 Å². The molecule has 1 saturated carbocycles. The highest BCUT2D eigenvalue weighted by Gasteiger charge is 2.26. The summed E-state index contributed by atoms with van der Waals surface area (Å²) in [5, 5.41) is 0. The first-order valence-electron chi connectivity index (χ1n) is 10.4. The standard InChI is InChI=1S/C23H25FN4O2/c1-2-27(17-6-4-3-5-7-17)23(30)15-8-10-18(19(25)12-15)22(29)20-13-26-21-11-9-16(24)14-28(20)21/h8-14,17H,2-7,25H2,1H3. The predicted octanol–water partition coefficient (Wildman–Crippen LogP) is 4.08. The molecule has 0 bridgehead atoms. The van der Waals surface area contributed by atoms with Crippen molar-refractivity contribution in [2.45, 2.75) is 45.1 Å². The summed E-state index contributed by atoms with van der Waals surface area (Å²) in [6.07, 6.45) is 8.17. The number of carbonyl (C=O) groups is 2. The van der Waals surface area contributed by atoms with E-state index in [1.807, 2.05) is 11.8 Å². The van der Waals surface area contributed by atoms with Gasteiger partial charge in [-0.2, -0.15) is 0 Å². The number of anilines is 1. The molecule has 4 rings (SSSR count). The van der Waals surface area contributed by atoms with Gasteiger partial charge in [0.2, 0.25) is 5.78 Å². The summed E-state index contributed by atoms with van der Waals surface area (Å²) in [5.74, 6) is -0.901. The summed E-state index contributed by atoms with van der Waals surface area (Å²) >= 11 is 0. The van der Waals surface area contributed by atoms with Gasteiger partial charge in [-0.15, -0.1) is 0 Å². The van der Waals surface area contributed by atoms with Gasteiger partial charge in [0.15, 0.2) is 0 Å². The number of fused-ring (bicyclic) bond motifs is 1. The minimum atomic E-state index is -0.467. The quantitative estimate of drug-likeness (QED) is 0.509. The Morgan fingerprint density at radius 1 is 1.20 bits per heavy atom. The van der Waals surface area contributed by atoms with E-state index in [9.17, 15) is 14.0 Å². The fourth-order valence-corrected chi connectivity index (χ4v) is 4.29. The number of imidazole rings is 1. The van der Waals surface area contributed by atoms with E-state index in [1.165, 1.54) is 35.3 Å². The van der Waals surface area contributed by atoms with Crippen molar-refractivity contribution in [3.63, 3.8) is 0 Å². The number of rotatable bonds is 5. The third-order valence-electron chi connectivity index (χ3n) is 5.86. The van der Waals surface area contributed by atoms with Gasteiger partial charge in [0.1, 0.15) is 17.2 Å². The molecule has 1 aliphatic carbocycles. The van der Waals surface area contributed by atoms with Gasteiger partial charge in [-0.05, 0) is 50.1 Å². The van der Waals surface area contributed by atoms with Gasteiger partial charge in [0, 0.05) is 35.6 Å². The Bertz CT molecular complexity index is 1100. The molecule has 7 heteroatoms. The Labute approximate surface area is 174 Å². The maximum atomic E-state index is 13.6. The van der Waals surface area contributed by atoms with Crippen LogP contribution in [0.25, 0.3) is 5.65 Å². The molecule has 0 unspecified atom stereocenters. The van der Waals surface area contributed by atoms with Crippen molar-refractivity contribution in [2.24, 2.45) is 0 Å². The van der Waals surface area contributed by atoms with Gasteiger partial charge >= 0.3 is 0 Å².